The molecule has 1 aromatic heterocycles. The second kappa shape index (κ2) is 12.9. The van der Waals surface area contributed by atoms with Crippen LogP contribution in [0.5, 0.6) is 34.5 Å². The SMILES string of the molecule is COC(=O)C[C@H](c1cc(OC)c(OC)c(OC)c1)c1oc(CN2CCc3cc(OC)c(OC)cc3C2)cc(=O)c1O. The first kappa shape index (κ1) is 29.6. The molecule has 0 aliphatic carbocycles. The third kappa shape index (κ3) is 6.19. The molecule has 4 rings (SSSR count). The molecule has 220 valence electrons. The van der Waals surface area contributed by atoms with Crippen molar-refractivity contribution < 1.29 is 42.7 Å². The van der Waals surface area contributed by atoms with E-state index in [-0.39, 0.29) is 12.2 Å². The number of carbonyl (C=O) groups is 1. The summed E-state index contributed by atoms with van der Waals surface area (Å²) in [6.07, 6.45) is 0.551. The Morgan fingerprint density at radius 2 is 1.49 bits per heavy atom. The van der Waals surface area contributed by atoms with E-state index < -0.39 is 23.1 Å². The Labute approximate surface area is 238 Å². The maximum absolute atomic E-state index is 12.9. The van der Waals surface area contributed by atoms with Crippen molar-refractivity contribution in [3.05, 3.63) is 68.8 Å². The molecule has 0 unspecified atom stereocenters. The van der Waals surface area contributed by atoms with Crippen LogP contribution >= 0.6 is 0 Å². The number of carbonyl (C=O) groups excluding carboxylic acids is 1. The molecule has 1 atom stereocenters. The van der Waals surface area contributed by atoms with Gasteiger partial charge in [0.05, 0.1) is 61.5 Å². The van der Waals surface area contributed by atoms with Crippen molar-refractivity contribution in [2.24, 2.45) is 0 Å². The van der Waals surface area contributed by atoms with Gasteiger partial charge in [-0.3, -0.25) is 14.5 Å². The number of esters is 1. The van der Waals surface area contributed by atoms with Crippen molar-refractivity contribution >= 4 is 5.97 Å². The number of fused-ring (bicyclic) bond motifs is 1. The lowest BCUT2D eigenvalue weighted by Crippen LogP contribution is -2.30. The minimum atomic E-state index is -0.886. The van der Waals surface area contributed by atoms with Crippen molar-refractivity contribution in [1.29, 1.82) is 0 Å². The summed E-state index contributed by atoms with van der Waals surface area (Å²) in [4.78, 5) is 27.6. The van der Waals surface area contributed by atoms with E-state index >= 15 is 0 Å². The van der Waals surface area contributed by atoms with Gasteiger partial charge in [0, 0.05) is 19.2 Å². The molecule has 0 fully saturated rings. The molecule has 11 heteroatoms. The summed E-state index contributed by atoms with van der Waals surface area (Å²) < 4.78 is 38.3. The molecule has 0 saturated carbocycles. The molecule has 0 bridgehead atoms. The average molecular weight is 570 g/mol. The van der Waals surface area contributed by atoms with Gasteiger partial charge in [-0.2, -0.15) is 0 Å². The fraction of sp³-hybridized carbons (Fsp3) is 0.400. The Hall–Kier alpha value is -4.38. The molecule has 0 spiro atoms. The molecular weight excluding hydrogens is 534 g/mol. The predicted molar refractivity (Wildman–Crippen MR) is 149 cm³/mol. The minimum Gasteiger partial charge on any atom is -0.502 e. The summed E-state index contributed by atoms with van der Waals surface area (Å²) in [5.74, 6) is 0.607. The molecule has 2 heterocycles. The number of ether oxygens (including phenoxy) is 6. The van der Waals surface area contributed by atoms with Crippen molar-refractivity contribution in [1.82, 2.24) is 4.90 Å². The van der Waals surface area contributed by atoms with E-state index in [0.717, 1.165) is 17.5 Å². The minimum absolute atomic E-state index is 0.0593. The molecule has 1 aliphatic rings. The lowest BCUT2D eigenvalue weighted by molar-refractivity contribution is -0.140. The van der Waals surface area contributed by atoms with Crippen LogP contribution in [0.2, 0.25) is 0 Å². The smallest absolute Gasteiger partial charge is 0.306 e. The van der Waals surface area contributed by atoms with Crippen LogP contribution in [0.25, 0.3) is 0 Å². The zero-order chi connectivity index (χ0) is 29.7. The monoisotopic (exact) mass is 569 g/mol. The fourth-order valence-corrected chi connectivity index (χ4v) is 5.08. The Morgan fingerprint density at radius 3 is 2.05 bits per heavy atom. The third-order valence-electron chi connectivity index (χ3n) is 7.18. The first-order valence-electron chi connectivity index (χ1n) is 12.9. The second-order valence-electron chi connectivity index (χ2n) is 9.52. The number of hydrogen-bond donors (Lipinski definition) is 1. The maximum atomic E-state index is 12.9. The molecular formula is C30H35NO10. The standard InChI is InChI=1S/C30H35NO10/c1-35-23-9-17-7-8-31(15-19(17)12-24(23)36-2)16-20-13-22(32)28(34)29(41-20)21(14-27(33)39-5)18-10-25(37-3)30(40-6)26(11-18)38-4/h9-13,21,34H,7-8,14-16H2,1-6H3/t21-/m1/s1. The number of nitrogens with zero attached hydrogens (tertiary/aromatic N) is 1. The van der Waals surface area contributed by atoms with E-state index in [1.165, 1.54) is 34.5 Å². The Kier molecular flexibility index (Phi) is 9.28. The fourth-order valence-electron chi connectivity index (χ4n) is 5.08. The molecule has 41 heavy (non-hydrogen) atoms. The average Bonchev–Trinajstić information content (AvgIpc) is 2.99. The van der Waals surface area contributed by atoms with Crippen LogP contribution in [-0.2, 0) is 29.0 Å². The molecule has 0 amide bonds. The lowest BCUT2D eigenvalue weighted by atomic mass is 9.91. The number of hydrogen-bond acceptors (Lipinski definition) is 11. The van der Waals surface area contributed by atoms with Crippen molar-refractivity contribution in [2.75, 3.05) is 49.2 Å². The second-order valence-corrected chi connectivity index (χ2v) is 9.52. The first-order valence-corrected chi connectivity index (χ1v) is 12.9. The largest absolute Gasteiger partial charge is 0.502 e. The highest BCUT2D eigenvalue weighted by molar-refractivity contribution is 5.71. The topological polar surface area (TPSA) is 126 Å². The van der Waals surface area contributed by atoms with Gasteiger partial charge in [0.15, 0.2) is 28.8 Å². The highest BCUT2D eigenvalue weighted by atomic mass is 16.5. The molecule has 11 nitrogen and oxygen atoms in total. The first-order chi connectivity index (χ1) is 19.8. The van der Waals surface area contributed by atoms with Gasteiger partial charge >= 0.3 is 5.97 Å². The van der Waals surface area contributed by atoms with Crippen molar-refractivity contribution in [3.8, 4) is 34.5 Å². The van der Waals surface area contributed by atoms with E-state index in [1.807, 2.05) is 12.1 Å². The zero-order valence-corrected chi connectivity index (χ0v) is 24.1. The quantitative estimate of drug-likeness (QED) is 0.340. The summed E-state index contributed by atoms with van der Waals surface area (Å²) in [6, 6.07) is 8.50. The normalized spacial score (nSPS) is 13.6. The van der Waals surface area contributed by atoms with E-state index in [4.69, 9.17) is 32.8 Å². The summed E-state index contributed by atoms with van der Waals surface area (Å²) in [6.45, 7) is 1.60. The Bertz CT molecular complexity index is 1440. The summed E-state index contributed by atoms with van der Waals surface area (Å²) in [7, 11) is 8.88. The molecule has 3 aromatic rings. The van der Waals surface area contributed by atoms with Crippen molar-refractivity contribution in [2.45, 2.75) is 31.8 Å². The zero-order valence-electron chi connectivity index (χ0n) is 24.1. The molecule has 0 saturated heterocycles. The number of methoxy groups -OCH3 is 6. The number of benzene rings is 2. The van der Waals surface area contributed by atoms with Gasteiger partial charge in [0.1, 0.15) is 5.76 Å². The van der Waals surface area contributed by atoms with Gasteiger partial charge in [-0.25, -0.2) is 0 Å². The number of aromatic hydroxyl groups is 1. The van der Waals surface area contributed by atoms with Gasteiger partial charge in [-0.15, -0.1) is 0 Å². The van der Waals surface area contributed by atoms with E-state index in [2.05, 4.69) is 4.90 Å². The van der Waals surface area contributed by atoms with E-state index in [9.17, 15) is 14.7 Å². The van der Waals surface area contributed by atoms with Gasteiger partial charge in [-0.05, 0) is 47.4 Å². The number of rotatable bonds is 11. The summed E-state index contributed by atoms with van der Waals surface area (Å²) in [5.41, 5.74) is 2.12. The maximum Gasteiger partial charge on any atom is 0.306 e. The summed E-state index contributed by atoms with van der Waals surface area (Å²) >= 11 is 0. The highest BCUT2D eigenvalue weighted by Crippen LogP contribution is 2.43. The molecule has 1 N–H and O–H groups in total. The highest BCUT2D eigenvalue weighted by Gasteiger charge is 2.30. The van der Waals surface area contributed by atoms with Gasteiger partial charge in [-0.1, -0.05) is 0 Å². The van der Waals surface area contributed by atoms with Crippen LogP contribution in [-0.4, -0.2) is 65.2 Å². The Balaban J connectivity index is 1.72. The molecule has 0 radical (unpaired) electrons. The van der Waals surface area contributed by atoms with Crippen LogP contribution in [0.15, 0.2) is 39.5 Å². The molecule has 2 aromatic carbocycles. The molecule has 1 aliphatic heterocycles. The lowest BCUT2D eigenvalue weighted by Gasteiger charge is -2.29. The predicted octanol–water partition coefficient (Wildman–Crippen LogP) is 3.64. The van der Waals surface area contributed by atoms with E-state index in [1.54, 1.807) is 26.4 Å². The van der Waals surface area contributed by atoms with Crippen LogP contribution in [0, 0.1) is 0 Å². The van der Waals surface area contributed by atoms with Crippen LogP contribution in [0.4, 0.5) is 0 Å². The van der Waals surface area contributed by atoms with Crippen LogP contribution in [0.1, 0.15) is 40.5 Å². The van der Waals surface area contributed by atoms with E-state index in [0.29, 0.717) is 59.7 Å². The van der Waals surface area contributed by atoms with Gasteiger partial charge in [0.25, 0.3) is 0 Å². The Morgan fingerprint density at radius 1 is 0.878 bits per heavy atom. The van der Waals surface area contributed by atoms with Crippen LogP contribution in [0.3, 0.4) is 0 Å². The van der Waals surface area contributed by atoms with Crippen LogP contribution < -0.4 is 29.1 Å². The van der Waals surface area contributed by atoms with Crippen molar-refractivity contribution in [3.63, 3.8) is 0 Å². The third-order valence-corrected chi connectivity index (χ3v) is 7.18. The van der Waals surface area contributed by atoms with Gasteiger partial charge in [0.2, 0.25) is 16.9 Å². The van der Waals surface area contributed by atoms with Gasteiger partial charge < -0.3 is 37.9 Å². The summed E-state index contributed by atoms with van der Waals surface area (Å²) in [5, 5.41) is 10.9.